The van der Waals surface area contributed by atoms with Crippen LogP contribution in [0.4, 0.5) is 0 Å². The molecule has 1 unspecified atom stereocenters. The number of carbonyl (C=O) groups is 2. The molecule has 1 aliphatic rings. The molecule has 0 spiro atoms. The molecule has 1 aliphatic heterocycles. The quantitative estimate of drug-likeness (QED) is 0.409. The van der Waals surface area contributed by atoms with Crippen molar-refractivity contribution in [1.29, 1.82) is 0 Å². The van der Waals surface area contributed by atoms with Crippen molar-refractivity contribution in [3.8, 4) is 0 Å². The van der Waals surface area contributed by atoms with E-state index in [9.17, 15) is 9.59 Å². The lowest BCUT2D eigenvalue weighted by atomic mass is 10.1. The fourth-order valence-electron chi connectivity index (χ4n) is 0.749. The van der Waals surface area contributed by atoms with E-state index in [1.165, 1.54) is 0 Å². The first-order chi connectivity index (χ1) is 4.33. The number of rotatable bonds is 4. The standard InChI is InChI=1S/C6H9NO2/c8-3-1-2-6(5-9)4-7-6/h3,5,7H,1-2,4H2. The Kier molecular flexibility index (Phi) is 1.62. The van der Waals surface area contributed by atoms with Gasteiger partial charge in [-0.15, -0.1) is 0 Å². The van der Waals surface area contributed by atoms with Gasteiger partial charge in [-0.25, -0.2) is 0 Å². The van der Waals surface area contributed by atoms with E-state index in [0.717, 1.165) is 19.1 Å². The van der Waals surface area contributed by atoms with Gasteiger partial charge < -0.3 is 14.9 Å². The minimum absolute atomic E-state index is 0.319. The maximum atomic E-state index is 10.2. The van der Waals surface area contributed by atoms with Crippen LogP contribution in [0.3, 0.4) is 0 Å². The Labute approximate surface area is 53.4 Å². The topological polar surface area (TPSA) is 56.1 Å². The molecule has 9 heavy (non-hydrogen) atoms. The van der Waals surface area contributed by atoms with Gasteiger partial charge >= 0.3 is 0 Å². The zero-order chi connectivity index (χ0) is 6.74. The SMILES string of the molecule is O=CCCC1(C=O)CN1. The Hall–Kier alpha value is -0.700. The number of nitrogens with one attached hydrogen (secondary N) is 1. The lowest BCUT2D eigenvalue weighted by Crippen LogP contribution is -2.16. The number of aldehydes is 2. The zero-order valence-electron chi connectivity index (χ0n) is 5.09. The monoisotopic (exact) mass is 127 g/mol. The second kappa shape index (κ2) is 2.27. The van der Waals surface area contributed by atoms with Gasteiger partial charge in [0, 0.05) is 13.0 Å². The first-order valence-corrected chi connectivity index (χ1v) is 2.98. The first-order valence-electron chi connectivity index (χ1n) is 2.98. The third-order valence-corrected chi connectivity index (χ3v) is 1.56. The second-order valence-corrected chi connectivity index (χ2v) is 2.33. The first kappa shape index (κ1) is 6.42. The summed E-state index contributed by atoms with van der Waals surface area (Å²) < 4.78 is 0. The Morgan fingerprint density at radius 2 is 2.22 bits per heavy atom. The van der Waals surface area contributed by atoms with E-state index in [2.05, 4.69) is 5.32 Å². The third kappa shape index (κ3) is 1.36. The third-order valence-electron chi connectivity index (χ3n) is 1.56. The molecule has 0 aromatic carbocycles. The molecule has 1 N–H and O–H groups in total. The van der Waals surface area contributed by atoms with Gasteiger partial charge in [-0.2, -0.15) is 0 Å². The maximum Gasteiger partial charge on any atom is 0.141 e. The van der Waals surface area contributed by atoms with Crippen molar-refractivity contribution in [2.75, 3.05) is 6.54 Å². The average Bonchev–Trinajstić information content (AvgIpc) is 2.65. The van der Waals surface area contributed by atoms with Crippen molar-refractivity contribution in [3.63, 3.8) is 0 Å². The Morgan fingerprint density at radius 3 is 2.56 bits per heavy atom. The van der Waals surface area contributed by atoms with Crippen LogP contribution < -0.4 is 5.32 Å². The molecule has 0 saturated carbocycles. The number of hydrogen-bond acceptors (Lipinski definition) is 3. The normalized spacial score (nSPS) is 31.6. The van der Waals surface area contributed by atoms with Crippen LogP contribution in [0.2, 0.25) is 0 Å². The lowest BCUT2D eigenvalue weighted by Gasteiger charge is -1.97. The van der Waals surface area contributed by atoms with Gasteiger partial charge in [-0.3, -0.25) is 0 Å². The van der Waals surface area contributed by atoms with Crippen molar-refractivity contribution in [2.45, 2.75) is 18.4 Å². The van der Waals surface area contributed by atoms with E-state index < -0.39 is 0 Å². The molecule has 3 nitrogen and oxygen atoms in total. The zero-order valence-corrected chi connectivity index (χ0v) is 5.09. The summed E-state index contributed by atoms with van der Waals surface area (Å²) in [6.45, 7) is 0.740. The summed E-state index contributed by atoms with van der Waals surface area (Å²) in [5, 5.41) is 2.91. The predicted molar refractivity (Wildman–Crippen MR) is 32.1 cm³/mol. The van der Waals surface area contributed by atoms with Crippen LogP contribution in [0.5, 0.6) is 0 Å². The van der Waals surface area contributed by atoms with Crippen LogP contribution in [0, 0.1) is 0 Å². The van der Waals surface area contributed by atoms with E-state index in [0.29, 0.717) is 12.8 Å². The van der Waals surface area contributed by atoms with Crippen LogP contribution in [0.25, 0.3) is 0 Å². The van der Waals surface area contributed by atoms with E-state index in [1.54, 1.807) is 0 Å². The summed E-state index contributed by atoms with van der Waals surface area (Å²) in [4.78, 5) is 20.1. The summed E-state index contributed by atoms with van der Waals surface area (Å²) >= 11 is 0. The second-order valence-electron chi connectivity index (χ2n) is 2.33. The van der Waals surface area contributed by atoms with Gasteiger partial charge in [0.25, 0.3) is 0 Å². The lowest BCUT2D eigenvalue weighted by molar-refractivity contribution is -0.110. The van der Waals surface area contributed by atoms with Gasteiger partial charge in [0.1, 0.15) is 12.6 Å². The fourth-order valence-corrected chi connectivity index (χ4v) is 0.749. The highest BCUT2D eigenvalue weighted by Gasteiger charge is 2.40. The van der Waals surface area contributed by atoms with Crippen LogP contribution in [0.1, 0.15) is 12.8 Å². The van der Waals surface area contributed by atoms with Gasteiger partial charge in [-0.1, -0.05) is 0 Å². The van der Waals surface area contributed by atoms with E-state index in [-0.39, 0.29) is 5.54 Å². The molecule has 1 atom stereocenters. The van der Waals surface area contributed by atoms with Crippen LogP contribution in [-0.4, -0.2) is 24.7 Å². The Bertz CT molecular complexity index is 129. The highest BCUT2D eigenvalue weighted by atomic mass is 16.1. The van der Waals surface area contributed by atoms with Gasteiger partial charge in [0.15, 0.2) is 0 Å². The van der Waals surface area contributed by atoms with Crippen LogP contribution in [-0.2, 0) is 9.59 Å². The predicted octanol–water partition coefficient (Wildman–Crippen LogP) is -0.494. The van der Waals surface area contributed by atoms with Crippen molar-refractivity contribution in [2.24, 2.45) is 0 Å². The molecule has 1 fully saturated rings. The van der Waals surface area contributed by atoms with Crippen molar-refractivity contribution < 1.29 is 9.59 Å². The van der Waals surface area contributed by atoms with Crippen LogP contribution >= 0.6 is 0 Å². The highest BCUT2D eigenvalue weighted by molar-refractivity contribution is 5.70. The largest absolute Gasteiger partial charge is 0.303 e. The summed E-state index contributed by atoms with van der Waals surface area (Å²) in [6.07, 6.45) is 2.85. The Morgan fingerprint density at radius 1 is 1.56 bits per heavy atom. The maximum absolute atomic E-state index is 10.2. The molecule has 0 amide bonds. The van der Waals surface area contributed by atoms with E-state index in [1.807, 2.05) is 0 Å². The molecular formula is C6H9NO2. The van der Waals surface area contributed by atoms with Gasteiger partial charge in [0.05, 0.1) is 5.54 Å². The number of hydrogen-bond donors (Lipinski definition) is 1. The molecule has 1 saturated heterocycles. The highest BCUT2D eigenvalue weighted by Crippen LogP contribution is 2.19. The van der Waals surface area contributed by atoms with Crippen LogP contribution in [0.15, 0.2) is 0 Å². The molecule has 50 valence electrons. The Balaban J connectivity index is 2.24. The van der Waals surface area contributed by atoms with Crippen molar-refractivity contribution in [1.82, 2.24) is 5.32 Å². The molecular weight excluding hydrogens is 118 g/mol. The molecule has 0 bridgehead atoms. The minimum atomic E-state index is -0.319. The van der Waals surface area contributed by atoms with Crippen molar-refractivity contribution in [3.05, 3.63) is 0 Å². The van der Waals surface area contributed by atoms with E-state index >= 15 is 0 Å². The molecule has 0 aliphatic carbocycles. The molecule has 1 rings (SSSR count). The summed E-state index contributed by atoms with van der Waals surface area (Å²) in [5.74, 6) is 0. The molecule has 0 radical (unpaired) electrons. The summed E-state index contributed by atoms with van der Waals surface area (Å²) in [6, 6.07) is 0. The van der Waals surface area contributed by atoms with E-state index in [4.69, 9.17) is 0 Å². The molecule has 3 heteroatoms. The van der Waals surface area contributed by atoms with Crippen molar-refractivity contribution >= 4 is 12.6 Å². The van der Waals surface area contributed by atoms with Gasteiger partial charge in [-0.05, 0) is 6.42 Å². The summed E-state index contributed by atoms with van der Waals surface area (Å²) in [5.41, 5.74) is -0.319. The molecule has 1 heterocycles. The summed E-state index contributed by atoms with van der Waals surface area (Å²) in [7, 11) is 0. The minimum Gasteiger partial charge on any atom is -0.303 e. The molecule has 0 aromatic rings. The average molecular weight is 127 g/mol. The smallest absolute Gasteiger partial charge is 0.141 e. The fraction of sp³-hybridized carbons (Fsp3) is 0.667. The number of carbonyl (C=O) groups excluding carboxylic acids is 2. The molecule has 0 aromatic heterocycles. The van der Waals surface area contributed by atoms with Gasteiger partial charge in [0.2, 0.25) is 0 Å².